The van der Waals surface area contributed by atoms with Gasteiger partial charge in [-0.25, -0.2) is 4.79 Å². The van der Waals surface area contributed by atoms with Crippen molar-refractivity contribution in [1.29, 1.82) is 0 Å². The summed E-state index contributed by atoms with van der Waals surface area (Å²) in [6.07, 6.45) is 4.44. The van der Waals surface area contributed by atoms with E-state index in [9.17, 15) is 14.4 Å². The lowest BCUT2D eigenvalue weighted by Gasteiger charge is -2.08. The second kappa shape index (κ2) is 9.08. The molecule has 1 rings (SSSR count). The van der Waals surface area contributed by atoms with E-state index in [0.717, 1.165) is 25.0 Å². The molecule has 0 radical (unpaired) electrons. The number of hydrogen-bond donors (Lipinski definition) is 4. The number of carboxylic acid groups (broad SMARTS) is 2. The highest BCUT2D eigenvalue weighted by molar-refractivity contribution is 7.99. The highest BCUT2D eigenvalue weighted by Crippen LogP contribution is 2.51. The van der Waals surface area contributed by atoms with Crippen LogP contribution in [0.2, 0.25) is 0 Å². The molecule has 8 heteroatoms. The molecule has 2 unspecified atom stereocenters. The van der Waals surface area contributed by atoms with E-state index in [-0.39, 0.29) is 22.9 Å². The van der Waals surface area contributed by atoms with Crippen molar-refractivity contribution in [2.75, 3.05) is 11.5 Å². The minimum absolute atomic E-state index is 0.0400. The molecule has 1 aliphatic rings. The Morgan fingerprint density at radius 1 is 1.33 bits per heavy atom. The van der Waals surface area contributed by atoms with E-state index < -0.39 is 18.0 Å². The maximum absolute atomic E-state index is 12.0. The van der Waals surface area contributed by atoms with Gasteiger partial charge in [0, 0.05) is 11.7 Å². The number of carbonyl (C=O) groups excluding carboxylic acids is 1. The van der Waals surface area contributed by atoms with E-state index in [1.807, 2.05) is 13.8 Å². The number of unbranched alkanes of at least 4 members (excludes halogenated alkanes) is 2. The molecule has 0 saturated heterocycles. The molecule has 2 atom stereocenters. The number of allylic oxidation sites excluding steroid dienone is 1. The van der Waals surface area contributed by atoms with Gasteiger partial charge in [0.15, 0.2) is 0 Å². The van der Waals surface area contributed by atoms with E-state index in [2.05, 4.69) is 5.32 Å². The van der Waals surface area contributed by atoms with Gasteiger partial charge in [-0.2, -0.15) is 11.8 Å². The Morgan fingerprint density at radius 2 is 1.96 bits per heavy atom. The molecule has 24 heavy (non-hydrogen) atoms. The SMILES string of the molecule is CC1(C)CC1C(=O)N/C(=C/CCCCSCC(N)C(=O)O)C(=O)O. The summed E-state index contributed by atoms with van der Waals surface area (Å²) in [5.74, 6) is -1.37. The van der Waals surface area contributed by atoms with Crippen LogP contribution in [0, 0.1) is 11.3 Å². The number of nitrogens with one attached hydrogen (secondary N) is 1. The number of rotatable bonds is 11. The Balaban J connectivity index is 2.25. The predicted molar refractivity (Wildman–Crippen MR) is 92.5 cm³/mol. The number of amides is 1. The molecule has 7 nitrogen and oxygen atoms in total. The third-order valence-electron chi connectivity index (χ3n) is 4.02. The van der Waals surface area contributed by atoms with Crippen LogP contribution in [0.25, 0.3) is 0 Å². The minimum atomic E-state index is -1.14. The zero-order valence-electron chi connectivity index (χ0n) is 14.1. The summed E-state index contributed by atoms with van der Waals surface area (Å²) in [7, 11) is 0. The number of hydrogen-bond acceptors (Lipinski definition) is 5. The van der Waals surface area contributed by atoms with E-state index in [0.29, 0.717) is 12.2 Å². The van der Waals surface area contributed by atoms with Crippen molar-refractivity contribution in [1.82, 2.24) is 5.32 Å². The fraction of sp³-hybridized carbons (Fsp3) is 0.688. The van der Waals surface area contributed by atoms with Crippen molar-refractivity contribution in [2.45, 2.75) is 45.6 Å². The molecule has 0 heterocycles. The van der Waals surface area contributed by atoms with Crippen LogP contribution in [0.1, 0.15) is 39.5 Å². The van der Waals surface area contributed by atoms with Crippen molar-refractivity contribution in [3.63, 3.8) is 0 Å². The third-order valence-corrected chi connectivity index (χ3v) is 5.20. The molecule has 0 aromatic rings. The molecule has 0 aromatic heterocycles. The van der Waals surface area contributed by atoms with Crippen LogP contribution in [-0.4, -0.2) is 45.6 Å². The van der Waals surface area contributed by atoms with Crippen molar-refractivity contribution >= 4 is 29.6 Å². The molecule has 0 bridgehead atoms. The van der Waals surface area contributed by atoms with E-state index in [1.54, 1.807) is 0 Å². The van der Waals surface area contributed by atoms with Crippen molar-refractivity contribution in [3.8, 4) is 0 Å². The average molecular weight is 358 g/mol. The first kappa shape index (κ1) is 20.5. The van der Waals surface area contributed by atoms with Crippen LogP contribution in [-0.2, 0) is 14.4 Å². The zero-order valence-corrected chi connectivity index (χ0v) is 14.9. The molecule has 0 aliphatic heterocycles. The number of carbonyl (C=O) groups is 3. The molecule has 1 fully saturated rings. The number of thioether (sulfide) groups is 1. The zero-order chi connectivity index (χ0) is 18.3. The lowest BCUT2D eigenvalue weighted by Crippen LogP contribution is -2.32. The third kappa shape index (κ3) is 6.92. The number of nitrogens with two attached hydrogens (primary N) is 1. The molecule has 1 saturated carbocycles. The van der Waals surface area contributed by atoms with Gasteiger partial charge < -0.3 is 21.3 Å². The molecular formula is C16H26N2O5S. The van der Waals surface area contributed by atoms with Crippen LogP contribution in [0.3, 0.4) is 0 Å². The highest BCUT2D eigenvalue weighted by atomic mass is 32.2. The van der Waals surface area contributed by atoms with Gasteiger partial charge in [-0.15, -0.1) is 0 Å². The molecule has 0 spiro atoms. The van der Waals surface area contributed by atoms with Gasteiger partial charge in [0.1, 0.15) is 11.7 Å². The molecule has 1 amide bonds. The Labute approximate surface area is 146 Å². The molecule has 136 valence electrons. The predicted octanol–water partition coefficient (Wildman–Crippen LogP) is 1.43. The molecule has 0 aromatic carbocycles. The number of carboxylic acids is 2. The van der Waals surface area contributed by atoms with Gasteiger partial charge in [-0.05, 0) is 36.9 Å². The Morgan fingerprint density at radius 3 is 2.46 bits per heavy atom. The second-order valence-electron chi connectivity index (χ2n) is 6.67. The summed E-state index contributed by atoms with van der Waals surface area (Å²) < 4.78 is 0. The first-order valence-electron chi connectivity index (χ1n) is 7.95. The first-order valence-corrected chi connectivity index (χ1v) is 9.11. The standard InChI is InChI=1S/C16H26N2O5S/c1-16(2)8-10(16)13(19)18-12(15(22)23)6-4-3-5-7-24-9-11(17)14(20)21/h6,10-11H,3-5,7-9,17H2,1-2H3,(H,18,19)(H,20,21)(H,22,23)/b12-6+. The Kier molecular flexibility index (Phi) is 7.75. The van der Waals surface area contributed by atoms with Crippen LogP contribution in [0.15, 0.2) is 11.8 Å². The summed E-state index contributed by atoms with van der Waals surface area (Å²) in [6.45, 7) is 3.96. The lowest BCUT2D eigenvalue weighted by molar-refractivity contribution is -0.138. The number of aliphatic carboxylic acids is 2. The van der Waals surface area contributed by atoms with Crippen molar-refractivity contribution in [3.05, 3.63) is 11.8 Å². The van der Waals surface area contributed by atoms with Gasteiger partial charge in [0.2, 0.25) is 5.91 Å². The van der Waals surface area contributed by atoms with Crippen molar-refractivity contribution < 1.29 is 24.6 Å². The van der Waals surface area contributed by atoms with Crippen LogP contribution in [0.5, 0.6) is 0 Å². The Hall–Kier alpha value is -1.54. The Bertz CT molecular complexity index is 519. The first-order chi connectivity index (χ1) is 11.1. The van der Waals surface area contributed by atoms with Crippen molar-refractivity contribution in [2.24, 2.45) is 17.1 Å². The quantitative estimate of drug-likeness (QED) is 0.325. The summed E-state index contributed by atoms with van der Waals surface area (Å²) in [5, 5.41) is 20.3. The second-order valence-corrected chi connectivity index (χ2v) is 7.82. The summed E-state index contributed by atoms with van der Waals surface area (Å²) in [4.78, 5) is 33.7. The maximum Gasteiger partial charge on any atom is 0.352 e. The van der Waals surface area contributed by atoms with Crippen LogP contribution < -0.4 is 11.1 Å². The van der Waals surface area contributed by atoms with Gasteiger partial charge in [0.25, 0.3) is 0 Å². The fourth-order valence-corrected chi connectivity index (χ4v) is 3.17. The highest BCUT2D eigenvalue weighted by Gasteiger charge is 2.50. The van der Waals surface area contributed by atoms with Crippen LogP contribution in [0.4, 0.5) is 0 Å². The smallest absolute Gasteiger partial charge is 0.352 e. The fourth-order valence-electron chi connectivity index (χ4n) is 2.20. The van der Waals surface area contributed by atoms with Crippen LogP contribution >= 0.6 is 11.8 Å². The molecule has 1 aliphatic carbocycles. The van der Waals surface area contributed by atoms with E-state index in [4.69, 9.17) is 15.9 Å². The topological polar surface area (TPSA) is 130 Å². The average Bonchev–Trinajstić information content (AvgIpc) is 3.13. The maximum atomic E-state index is 12.0. The lowest BCUT2D eigenvalue weighted by atomic mass is 10.1. The summed E-state index contributed by atoms with van der Waals surface area (Å²) in [6, 6.07) is -0.851. The molecular weight excluding hydrogens is 332 g/mol. The van der Waals surface area contributed by atoms with E-state index >= 15 is 0 Å². The monoisotopic (exact) mass is 358 g/mol. The normalized spacial score (nSPS) is 20.3. The van der Waals surface area contributed by atoms with Gasteiger partial charge in [-0.1, -0.05) is 19.9 Å². The molecule has 5 N–H and O–H groups in total. The van der Waals surface area contributed by atoms with Gasteiger partial charge in [-0.3, -0.25) is 9.59 Å². The largest absolute Gasteiger partial charge is 0.480 e. The summed E-state index contributed by atoms with van der Waals surface area (Å²) >= 11 is 1.46. The van der Waals surface area contributed by atoms with Gasteiger partial charge >= 0.3 is 11.9 Å². The summed E-state index contributed by atoms with van der Waals surface area (Å²) in [5.41, 5.74) is 5.28. The minimum Gasteiger partial charge on any atom is -0.480 e. The van der Waals surface area contributed by atoms with E-state index in [1.165, 1.54) is 17.8 Å². The van der Waals surface area contributed by atoms with Gasteiger partial charge in [0.05, 0.1) is 0 Å².